The van der Waals surface area contributed by atoms with E-state index in [1.54, 1.807) is 11.3 Å². The van der Waals surface area contributed by atoms with Gasteiger partial charge in [-0.25, -0.2) is 4.98 Å². The molecule has 2 aliphatic heterocycles. The average molecular weight is 250 g/mol. The summed E-state index contributed by atoms with van der Waals surface area (Å²) in [5, 5.41) is 6.40. The van der Waals surface area contributed by atoms with Crippen molar-refractivity contribution in [2.75, 3.05) is 39.3 Å². The molecule has 2 saturated heterocycles. The predicted octanol–water partition coefficient (Wildman–Crippen LogP) is 0.703. The first-order valence-corrected chi connectivity index (χ1v) is 7.01. The van der Waals surface area contributed by atoms with Crippen LogP contribution in [0.5, 0.6) is 0 Å². The Morgan fingerprint density at radius 2 is 2.12 bits per heavy atom. The molecule has 2 aliphatic rings. The predicted molar refractivity (Wildman–Crippen MR) is 71.0 cm³/mol. The van der Waals surface area contributed by atoms with E-state index in [-0.39, 0.29) is 0 Å². The number of piperazine rings is 1. The van der Waals surface area contributed by atoms with Crippen molar-refractivity contribution in [3.8, 4) is 0 Å². The van der Waals surface area contributed by atoms with Gasteiger partial charge < -0.3 is 10.2 Å². The largest absolute Gasteiger partial charge is 0.367 e. The van der Waals surface area contributed by atoms with Crippen molar-refractivity contribution < 1.29 is 0 Å². The van der Waals surface area contributed by atoms with Gasteiger partial charge in [0.15, 0.2) is 0 Å². The number of nitrogens with zero attached hydrogens (tertiary/aromatic N) is 3. The molecule has 3 heterocycles. The van der Waals surface area contributed by atoms with E-state index in [9.17, 15) is 0 Å². The van der Waals surface area contributed by atoms with Crippen molar-refractivity contribution in [3.05, 3.63) is 23.2 Å². The van der Waals surface area contributed by atoms with Gasteiger partial charge in [0.1, 0.15) is 5.01 Å². The van der Waals surface area contributed by atoms with E-state index in [1.807, 2.05) is 11.6 Å². The molecule has 4 nitrogen and oxygen atoms in total. The molecule has 17 heavy (non-hydrogen) atoms. The SMILES string of the molecule is C=C(c1nccs1)N1CCN(C2CNC2)CC1. The van der Waals surface area contributed by atoms with Crippen LogP contribution in [0.25, 0.3) is 5.70 Å². The zero-order valence-electron chi connectivity index (χ0n) is 9.93. The highest BCUT2D eigenvalue weighted by Crippen LogP contribution is 2.21. The summed E-state index contributed by atoms with van der Waals surface area (Å²) in [6.45, 7) is 10.9. The van der Waals surface area contributed by atoms with E-state index in [1.165, 1.54) is 0 Å². The standard InChI is InChI=1S/C12H18N4S/c1-10(12-14-2-7-17-12)15-3-5-16(6-4-15)11-8-13-9-11/h2,7,11,13H,1,3-6,8-9H2. The van der Waals surface area contributed by atoms with Crippen LogP contribution in [0.1, 0.15) is 5.01 Å². The molecule has 1 aromatic rings. The Kier molecular flexibility index (Phi) is 3.13. The molecule has 0 unspecified atom stereocenters. The number of hydrogen-bond acceptors (Lipinski definition) is 5. The van der Waals surface area contributed by atoms with Gasteiger partial charge in [0.25, 0.3) is 0 Å². The van der Waals surface area contributed by atoms with Crippen molar-refractivity contribution in [2.24, 2.45) is 0 Å². The maximum absolute atomic E-state index is 4.33. The third kappa shape index (κ3) is 2.22. The Bertz CT molecular complexity index is 377. The van der Waals surface area contributed by atoms with E-state index in [2.05, 4.69) is 26.7 Å². The molecule has 1 aromatic heterocycles. The molecular formula is C12H18N4S. The first kappa shape index (κ1) is 11.2. The molecule has 2 fully saturated rings. The van der Waals surface area contributed by atoms with Crippen LogP contribution in [0.3, 0.4) is 0 Å². The monoisotopic (exact) mass is 250 g/mol. The molecule has 0 atom stereocenters. The molecule has 0 radical (unpaired) electrons. The molecule has 0 spiro atoms. The summed E-state index contributed by atoms with van der Waals surface area (Å²) in [7, 11) is 0. The minimum absolute atomic E-state index is 0.769. The van der Waals surface area contributed by atoms with Gasteiger partial charge in [-0.2, -0.15) is 0 Å². The van der Waals surface area contributed by atoms with Crippen LogP contribution in [0.4, 0.5) is 0 Å². The topological polar surface area (TPSA) is 31.4 Å². The summed E-state index contributed by atoms with van der Waals surface area (Å²) in [6.07, 6.45) is 1.85. The van der Waals surface area contributed by atoms with Gasteiger partial charge in [0.2, 0.25) is 0 Å². The van der Waals surface area contributed by atoms with E-state index in [0.29, 0.717) is 0 Å². The minimum Gasteiger partial charge on any atom is -0.367 e. The molecular weight excluding hydrogens is 232 g/mol. The molecule has 0 saturated carbocycles. The van der Waals surface area contributed by atoms with Crippen LogP contribution in [-0.2, 0) is 0 Å². The van der Waals surface area contributed by atoms with Gasteiger partial charge >= 0.3 is 0 Å². The van der Waals surface area contributed by atoms with Crippen molar-refractivity contribution in [1.82, 2.24) is 20.1 Å². The summed E-state index contributed by atoms with van der Waals surface area (Å²) in [5.74, 6) is 0. The zero-order chi connectivity index (χ0) is 11.7. The Hall–Kier alpha value is -0.910. The molecule has 0 amide bonds. The summed E-state index contributed by atoms with van der Waals surface area (Å²) in [4.78, 5) is 9.27. The summed E-state index contributed by atoms with van der Waals surface area (Å²) < 4.78 is 0. The highest BCUT2D eigenvalue weighted by atomic mass is 32.1. The number of aromatic nitrogens is 1. The second-order valence-electron chi connectivity index (χ2n) is 4.62. The van der Waals surface area contributed by atoms with Crippen molar-refractivity contribution >= 4 is 17.0 Å². The summed E-state index contributed by atoms with van der Waals surface area (Å²) in [6, 6.07) is 0.769. The fourth-order valence-corrected chi connectivity index (χ4v) is 3.03. The highest BCUT2D eigenvalue weighted by Gasteiger charge is 2.28. The molecule has 3 rings (SSSR count). The maximum atomic E-state index is 4.33. The average Bonchev–Trinajstić information content (AvgIpc) is 2.80. The van der Waals surface area contributed by atoms with Crippen molar-refractivity contribution in [3.63, 3.8) is 0 Å². The van der Waals surface area contributed by atoms with Crippen molar-refractivity contribution in [2.45, 2.75) is 6.04 Å². The molecule has 1 N–H and O–H groups in total. The zero-order valence-corrected chi connectivity index (χ0v) is 10.7. The van der Waals surface area contributed by atoms with E-state index in [4.69, 9.17) is 0 Å². The van der Waals surface area contributed by atoms with Crippen LogP contribution in [-0.4, -0.2) is 60.1 Å². The van der Waals surface area contributed by atoms with E-state index >= 15 is 0 Å². The molecule has 5 heteroatoms. The van der Waals surface area contributed by atoms with Gasteiger partial charge in [-0.1, -0.05) is 6.58 Å². The van der Waals surface area contributed by atoms with E-state index in [0.717, 1.165) is 56.0 Å². The van der Waals surface area contributed by atoms with Gasteiger partial charge in [-0.05, 0) is 0 Å². The normalized spacial score (nSPS) is 22.5. The lowest BCUT2D eigenvalue weighted by atomic mass is 10.1. The third-order valence-corrected chi connectivity index (χ3v) is 4.47. The second-order valence-corrected chi connectivity index (χ2v) is 5.51. The van der Waals surface area contributed by atoms with Crippen molar-refractivity contribution in [1.29, 1.82) is 0 Å². The summed E-state index contributed by atoms with van der Waals surface area (Å²) in [5.41, 5.74) is 1.09. The number of hydrogen-bond donors (Lipinski definition) is 1. The lowest BCUT2D eigenvalue weighted by Crippen LogP contribution is -2.61. The lowest BCUT2D eigenvalue weighted by Gasteiger charge is -2.44. The van der Waals surface area contributed by atoms with Crippen LogP contribution in [0, 0.1) is 0 Å². The highest BCUT2D eigenvalue weighted by molar-refractivity contribution is 7.10. The van der Waals surface area contributed by atoms with Gasteiger partial charge in [-0.15, -0.1) is 11.3 Å². The third-order valence-electron chi connectivity index (χ3n) is 3.65. The van der Waals surface area contributed by atoms with E-state index < -0.39 is 0 Å². The fraction of sp³-hybridized carbons (Fsp3) is 0.583. The van der Waals surface area contributed by atoms with Crippen LogP contribution in [0.2, 0.25) is 0 Å². The Labute approximate surface area is 106 Å². The van der Waals surface area contributed by atoms with Gasteiger partial charge in [-0.3, -0.25) is 4.90 Å². The molecule has 0 aliphatic carbocycles. The summed E-state index contributed by atoms with van der Waals surface area (Å²) >= 11 is 1.67. The fourth-order valence-electron chi connectivity index (χ4n) is 2.39. The first-order valence-electron chi connectivity index (χ1n) is 6.13. The molecule has 92 valence electrons. The van der Waals surface area contributed by atoms with Gasteiger partial charge in [0, 0.05) is 56.9 Å². The smallest absolute Gasteiger partial charge is 0.138 e. The first-order chi connectivity index (χ1) is 8.34. The van der Waals surface area contributed by atoms with Crippen LogP contribution >= 0.6 is 11.3 Å². The molecule has 0 bridgehead atoms. The van der Waals surface area contributed by atoms with Crippen LogP contribution in [0.15, 0.2) is 18.2 Å². The number of rotatable bonds is 3. The lowest BCUT2D eigenvalue weighted by molar-refractivity contribution is 0.0961. The molecule has 0 aromatic carbocycles. The van der Waals surface area contributed by atoms with Gasteiger partial charge in [0.05, 0.1) is 5.70 Å². The maximum Gasteiger partial charge on any atom is 0.138 e. The number of nitrogens with one attached hydrogen (secondary N) is 1. The minimum atomic E-state index is 0.769. The quantitative estimate of drug-likeness (QED) is 0.856. The number of thiazole rings is 1. The Morgan fingerprint density at radius 1 is 1.35 bits per heavy atom. The second kappa shape index (κ2) is 4.76. The Morgan fingerprint density at radius 3 is 2.65 bits per heavy atom. The van der Waals surface area contributed by atoms with Crippen LogP contribution < -0.4 is 5.32 Å². The Balaban J connectivity index is 1.55.